The van der Waals surface area contributed by atoms with Gasteiger partial charge in [0.25, 0.3) is 5.56 Å². The predicted octanol–water partition coefficient (Wildman–Crippen LogP) is 2.97. The van der Waals surface area contributed by atoms with E-state index in [9.17, 15) is 14.4 Å². The third-order valence-electron chi connectivity index (χ3n) is 4.86. The molecule has 8 heteroatoms. The van der Waals surface area contributed by atoms with Gasteiger partial charge >= 0.3 is 0 Å². The molecule has 0 aliphatic carbocycles. The Morgan fingerprint density at radius 2 is 2.03 bits per heavy atom. The maximum absolute atomic E-state index is 13.8. The first-order valence-electron chi connectivity index (χ1n) is 9.60. The number of nitriles is 2. The Hall–Kier alpha value is -3.39. The number of anilines is 1. The molecule has 2 heterocycles. The molecule has 1 fully saturated rings. The van der Waals surface area contributed by atoms with Gasteiger partial charge in [-0.3, -0.25) is 9.36 Å². The first-order valence-corrected chi connectivity index (χ1v) is 9.60. The number of benzene rings is 1. The minimum absolute atomic E-state index is 0.00213. The smallest absolute Gasteiger partial charge is 0.297 e. The first kappa shape index (κ1) is 20.3. The maximum Gasteiger partial charge on any atom is 0.297 e. The van der Waals surface area contributed by atoms with Crippen molar-refractivity contribution in [3.05, 3.63) is 51.7 Å². The van der Waals surface area contributed by atoms with Gasteiger partial charge in [-0.15, -0.1) is 0 Å². The molecule has 0 spiro atoms. The molecule has 1 atom stereocenters. The van der Waals surface area contributed by atoms with Gasteiger partial charge in [0, 0.05) is 13.1 Å². The van der Waals surface area contributed by atoms with Crippen molar-refractivity contribution in [1.82, 2.24) is 9.55 Å². The van der Waals surface area contributed by atoms with Gasteiger partial charge in [-0.2, -0.15) is 10.5 Å². The van der Waals surface area contributed by atoms with E-state index in [4.69, 9.17) is 10.00 Å². The largest absolute Gasteiger partial charge is 0.483 e. The average Bonchev–Trinajstić information content (AvgIpc) is 2.72. The van der Waals surface area contributed by atoms with E-state index in [0.717, 1.165) is 32.4 Å². The Balaban J connectivity index is 2.05. The van der Waals surface area contributed by atoms with E-state index in [1.54, 1.807) is 6.92 Å². The van der Waals surface area contributed by atoms with E-state index in [-0.39, 0.29) is 18.7 Å². The van der Waals surface area contributed by atoms with Crippen LogP contribution < -0.4 is 15.2 Å². The summed E-state index contributed by atoms with van der Waals surface area (Å²) in [5, 5.41) is 18.2. The molecule has 0 saturated carbocycles. The number of rotatable bonds is 6. The highest BCUT2D eigenvalue weighted by atomic mass is 19.1. The van der Waals surface area contributed by atoms with Gasteiger partial charge in [-0.1, -0.05) is 0 Å². The Kier molecular flexibility index (Phi) is 6.46. The molecule has 1 aromatic heterocycles. The molecule has 1 aromatic carbocycles. The summed E-state index contributed by atoms with van der Waals surface area (Å²) >= 11 is 0. The fourth-order valence-electron chi connectivity index (χ4n) is 3.39. The molecule has 1 unspecified atom stereocenters. The Bertz CT molecular complexity index is 1020. The summed E-state index contributed by atoms with van der Waals surface area (Å²) in [5.41, 5.74) is 0.280. The zero-order valence-corrected chi connectivity index (χ0v) is 16.3. The molecule has 0 bridgehead atoms. The molecule has 1 aliphatic rings. The van der Waals surface area contributed by atoms with Crippen LogP contribution in [-0.2, 0) is 6.54 Å². The van der Waals surface area contributed by atoms with Gasteiger partial charge in [-0.25, -0.2) is 9.37 Å². The molecule has 0 radical (unpaired) electrons. The van der Waals surface area contributed by atoms with Crippen LogP contribution in [0.5, 0.6) is 5.75 Å². The number of ether oxygens (including phenoxy) is 1. The second kappa shape index (κ2) is 9.20. The van der Waals surface area contributed by atoms with E-state index in [0.29, 0.717) is 17.1 Å². The molecule has 1 saturated heterocycles. The van der Waals surface area contributed by atoms with Crippen molar-refractivity contribution in [2.75, 3.05) is 18.0 Å². The van der Waals surface area contributed by atoms with Crippen LogP contribution in [-0.4, -0.2) is 28.7 Å². The molecule has 2 aromatic rings. The summed E-state index contributed by atoms with van der Waals surface area (Å²) in [6.07, 6.45) is 4.17. The van der Waals surface area contributed by atoms with Crippen LogP contribution >= 0.6 is 0 Å². The van der Waals surface area contributed by atoms with Gasteiger partial charge in [0.05, 0.1) is 36.9 Å². The van der Waals surface area contributed by atoms with Crippen LogP contribution in [0.3, 0.4) is 0 Å². The van der Waals surface area contributed by atoms with Crippen molar-refractivity contribution in [2.45, 2.75) is 45.3 Å². The zero-order chi connectivity index (χ0) is 20.8. The van der Waals surface area contributed by atoms with Gasteiger partial charge in [0.2, 0.25) is 11.7 Å². The predicted molar refractivity (Wildman–Crippen MR) is 105 cm³/mol. The standard InChI is InChI=1S/C21H22FN5O2/c1-15(7-8-23)29-19-13-25-21(26-9-3-2-4-10-26)27(20(19)28)14-17-11-18(22)6-5-16(17)12-24/h5-6,11,13,15H,2-4,7,9-10,14H2,1H3. The van der Waals surface area contributed by atoms with Crippen molar-refractivity contribution in [2.24, 2.45) is 0 Å². The van der Waals surface area contributed by atoms with Crippen molar-refractivity contribution in [3.8, 4) is 17.9 Å². The minimum atomic E-state index is -0.477. The number of hydrogen-bond donors (Lipinski definition) is 0. The Labute approximate surface area is 168 Å². The van der Waals surface area contributed by atoms with Crippen molar-refractivity contribution < 1.29 is 9.13 Å². The quantitative estimate of drug-likeness (QED) is 0.746. The molecule has 3 rings (SSSR count). The van der Waals surface area contributed by atoms with E-state index >= 15 is 0 Å². The fourth-order valence-corrected chi connectivity index (χ4v) is 3.39. The minimum Gasteiger partial charge on any atom is -0.483 e. The highest BCUT2D eigenvalue weighted by molar-refractivity contribution is 5.41. The maximum atomic E-state index is 13.8. The van der Waals surface area contributed by atoms with Gasteiger partial charge in [-0.05, 0) is 49.9 Å². The van der Waals surface area contributed by atoms with Crippen LogP contribution in [0.1, 0.15) is 43.7 Å². The zero-order valence-electron chi connectivity index (χ0n) is 16.3. The van der Waals surface area contributed by atoms with Gasteiger partial charge < -0.3 is 9.64 Å². The van der Waals surface area contributed by atoms with E-state index in [1.807, 2.05) is 17.0 Å². The number of hydrogen-bond acceptors (Lipinski definition) is 6. The topological polar surface area (TPSA) is 94.9 Å². The number of nitrogens with zero attached hydrogens (tertiary/aromatic N) is 5. The van der Waals surface area contributed by atoms with E-state index < -0.39 is 17.5 Å². The lowest BCUT2D eigenvalue weighted by Gasteiger charge is -2.30. The molecule has 1 aliphatic heterocycles. The number of halogens is 1. The second-order valence-electron chi connectivity index (χ2n) is 7.07. The molecule has 0 N–H and O–H groups in total. The molecular weight excluding hydrogens is 373 g/mol. The highest BCUT2D eigenvalue weighted by Gasteiger charge is 2.21. The van der Waals surface area contributed by atoms with Crippen LogP contribution in [0.25, 0.3) is 0 Å². The normalized spacial score (nSPS) is 14.7. The summed E-state index contributed by atoms with van der Waals surface area (Å²) < 4.78 is 20.8. The fraction of sp³-hybridized carbons (Fsp3) is 0.429. The van der Waals surface area contributed by atoms with Crippen LogP contribution in [0.15, 0.2) is 29.2 Å². The lowest BCUT2D eigenvalue weighted by Crippen LogP contribution is -2.37. The Morgan fingerprint density at radius 1 is 1.28 bits per heavy atom. The van der Waals surface area contributed by atoms with Crippen LogP contribution in [0, 0.1) is 28.5 Å². The highest BCUT2D eigenvalue weighted by Crippen LogP contribution is 2.21. The lowest BCUT2D eigenvalue weighted by atomic mass is 10.1. The third-order valence-corrected chi connectivity index (χ3v) is 4.86. The molecule has 29 heavy (non-hydrogen) atoms. The molecule has 150 valence electrons. The second-order valence-corrected chi connectivity index (χ2v) is 7.07. The molecular formula is C21H22FN5O2. The lowest BCUT2D eigenvalue weighted by molar-refractivity contribution is 0.221. The summed E-state index contributed by atoms with van der Waals surface area (Å²) in [5.74, 6) is 0.0288. The van der Waals surface area contributed by atoms with Crippen LogP contribution in [0.2, 0.25) is 0 Å². The number of piperidine rings is 1. The number of aromatic nitrogens is 2. The molecule has 7 nitrogen and oxygen atoms in total. The molecule has 0 amide bonds. The first-order chi connectivity index (χ1) is 14.0. The monoisotopic (exact) mass is 395 g/mol. The van der Waals surface area contributed by atoms with Crippen molar-refractivity contribution in [3.63, 3.8) is 0 Å². The average molecular weight is 395 g/mol. The summed E-state index contributed by atoms with van der Waals surface area (Å²) in [6, 6.07) is 7.93. The van der Waals surface area contributed by atoms with Gasteiger partial charge in [0.1, 0.15) is 11.9 Å². The van der Waals surface area contributed by atoms with E-state index in [1.165, 1.54) is 29.0 Å². The Morgan fingerprint density at radius 3 is 2.72 bits per heavy atom. The van der Waals surface area contributed by atoms with Crippen LogP contribution in [0.4, 0.5) is 10.3 Å². The summed E-state index contributed by atoms with van der Waals surface area (Å²) in [4.78, 5) is 19.7. The van der Waals surface area contributed by atoms with Crippen molar-refractivity contribution in [1.29, 1.82) is 10.5 Å². The third kappa shape index (κ3) is 4.72. The summed E-state index contributed by atoms with van der Waals surface area (Å²) in [7, 11) is 0. The van der Waals surface area contributed by atoms with Crippen molar-refractivity contribution >= 4 is 5.95 Å². The van der Waals surface area contributed by atoms with E-state index in [2.05, 4.69) is 4.98 Å². The van der Waals surface area contributed by atoms with Gasteiger partial charge in [0.15, 0.2) is 0 Å². The SMILES string of the molecule is CC(CC#N)Oc1cnc(N2CCCCC2)n(Cc2cc(F)ccc2C#N)c1=O. The summed E-state index contributed by atoms with van der Waals surface area (Å²) in [6.45, 7) is 3.24.